The minimum atomic E-state index is -0.682. The molecule has 1 N–H and O–H groups in total. The van der Waals surface area contributed by atoms with Crippen molar-refractivity contribution in [2.45, 2.75) is 32.4 Å². The Hall–Kier alpha value is -3.29. The molecule has 1 fully saturated rings. The number of benzene rings is 2. The van der Waals surface area contributed by atoms with Gasteiger partial charge in [-0.1, -0.05) is 19.4 Å². The zero-order valence-corrected chi connectivity index (χ0v) is 23.3. The predicted octanol–water partition coefficient (Wildman–Crippen LogP) is 5.55. The van der Waals surface area contributed by atoms with E-state index in [-0.39, 0.29) is 0 Å². The fourth-order valence-electron chi connectivity index (χ4n) is 6.13. The zero-order chi connectivity index (χ0) is 27.3. The van der Waals surface area contributed by atoms with Crippen LogP contribution in [0.15, 0.2) is 55.3 Å². The Labute approximate surface area is 226 Å². The van der Waals surface area contributed by atoms with Gasteiger partial charge in [-0.25, -0.2) is 0 Å². The van der Waals surface area contributed by atoms with E-state index in [1.165, 1.54) is 0 Å². The standard InChI is InChI=1S/C31H41N2O5/c1-7-22-12-14-33(19-23(22)8-2,18-21-15-29(36-4)31(38-6)30(16-21)37-5)20-28(34)25-11-13-32-27-10-9-24(35-3)17-26(25)27/h8-11,13,15-17,22-23,28,34H,2,7,12,14,18-20H2,1,3-6H3/q+1/t22?,23?,28-,33?/m0/s1. The van der Waals surface area contributed by atoms with Crippen molar-refractivity contribution in [2.24, 2.45) is 11.8 Å². The monoisotopic (exact) mass is 521 g/mol. The lowest BCUT2D eigenvalue weighted by Crippen LogP contribution is -2.57. The molecule has 0 spiro atoms. The molecule has 1 aliphatic heterocycles. The third kappa shape index (κ3) is 5.59. The van der Waals surface area contributed by atoms with Gasteiger partial charge in [0.1, 0.15) is 24.9 Å². The van der Waals surface area contributed by atoms with Crippen molar-refractivity contribution in [3.63, 3.8) is 0 Å². The molecule has 4 rings (SSSR count). The van der Waals surface area contributed by atoms with Crippen LogP contribution in [-0.2, 0) is 6.54 Å². The van der Waals surface area contributed by atoms with Crippen molar-refractivity contribution >= 4 is 10.9 Å². The van der Waals surface area contributed by atoms with Crippen LogP contribution < -0.4 is 18.9 Å². The molecular formula is C31H41N2O5+. The van der Waals surface area contributed by atoms with Gasteiger partial charge in [-0.05, 0) is 47.9 Å². The van der Waals surface area contributed by atoms with Crippen molar-refractivity contribution in [2.75, 3.05) is 48.1 Å². The topological polar surface area (TPSA) is 70.0 Å². The first-order valence-electron chi connectivity index (χ1n) is 13.3. The Bertz CT molecular complexity index is 1240. The van der Waals surface area contributed by atoms with Crippen molar-refractivity contribution in [3.05, 3.63) is 66.4 Å². The van der Waals surface area contributed by atoms with Gasteiger partial charge in [0.05, 0.1) is 47.0 Å². The number of piperidine rings is 1. The Kier molecular flexibility index (Phi) is 8.80. The second-order valence-corrected chi connectivity index (χ2v) is 10.3. The van der Waals surface area contributed by atoms with E-state index in [0.717, 1.165) is 64.7 Å². The van der Waals surface area contributed by atoms with Crippen molar-refractivity contribution in [1.29, 1.82) is 0 Å². The summed E-state index contributed by atoms with van der Waals surface area (Å²) in [6, 6.07) is 11.8. The van der Waals surface area contributed by atoms with E-state index in [4.69, 9.17) is 18.9 Å². The molecule has 7 heteroatoms. The SMILES string of the molecule is C=CC1C[N+](Cc2cc(OC)c(OC)c(OC)c2)(C[C@H](O)c2ccnc3ccc(OC)cc23)CCC1CC. The number of aromatic nitrogens is 1. The smallest absolute Gasteiger partial charge is 0.203 e. The van der Waals surface area contributed by atoms with Crippen LogP contribution in [0.1, 0.15) is 37.0 Å². The number of nitrogens with zero attached hydrogens (tertiary/aromatic N) is 2. The zero-order valence-electron chi connectivity index (χ0n) is 23.3. The molecule has 3 aromatic rings. The maximum Gasteiger partial charge on any atom is 0.203 e. The number of methoxy groups -OCH3 is 4. The summed E-state index contributed by atoms with van der Waals surface area (Å²) in [6.45, 7) is 9.59. The first kappa shape index (κ1) is 27.7. The van der Waals surface area contributed by atoms with Crippen LogP contribution in [0, 0.1) is 11.8 Å². The summed E-state index contributed by atoms with van der Waals surface area (Å²) in [4.78, 5) is 4.51. The summed E-state index contributed by atoms with van der Waals surface area (Å²) in [5.74, 6) is 3.57. The molecule has 38 heavy (non-hydrogen) atoms. The fraction of sp³-hybridized carbons (Fsp3) is 0.452. The molecule has 0 radical (unpaired) electrons. The average molecular weight is 522 g/mol. The number of fused-ring (bicyclic) bond motifs is 1. The number of pyridine rings is 1. The molecule has 1 aromatic heterocycles. The first-order valence-corrected chi connectivity index (χ1v) is 13.3. The molecule has 0 saturated carbocycles. The quantitative estimate of drug-likeness (QED) is 0.264. The summed E-state index contributed by atoms with van der Waals surface area (Å²) in [5, 5.41) is 12.7. The summed E-state index contributed by atoms with van der Waals surface area (Å²) < 4.78 is 23.0. The van der Waals surface area contributed by atoms with Crippen LogP contribution in [0.4, 0.5) is 0 Å². The van der Waals surface area contributed by atoms with Gasteiger partial charge < -0.3 is 28.5 Å². The Morgan fingerprint density at radius 1 is 1.05 bits per heavy atom. The molecule has 1 saturated heterocycles. The molecule has 3 unspecified atom stereocenters. The van der Waals surface area contributed by atoms with Crippen LogP contribution in [0.3, 0.4) is 0 Å². The molecule has 204 valence electrons. The lowest BCUT2D eigenvalue weighted by Gasteiger charge is -2.47. The lowest BCUT2D eigenvalue weighted by atomic mass is 9.81. The Morgan fingerprint density at radius 2 is 1.79 bits per heavy atom. The average Bonchev–Trinajstić information content (AvgIpc) is 2.95. The molecule has 0 amide bonds. The summed E-state index contributed by atoms with van der Waals surface area (Å²) in [5.41, 5.74) is 2.78. The number of rotatable bonds is 11. The molecule has 0 aliphatic carbocycles. The minimum absolute atomic E-state index is 0.372. The number of ether oxygens (including phenoxy) is 4. The van der Waals surface area contributed by atoms with Gasteiger partial charge in [-0.3, -0.25) is 4.98 Å². The van der Waals surface area contributed by atoms with Crippen LogP contribution >= 0.6 is 0 Å². The summed E-state index contributed by atoms with van der Waals surface area (Å²) in [6.07, 6.45) is 5.40. The van der Waals surface area contributed by atoms with Gasteiger partial charge in [0.25, 0.3) is 0 Å². The number of aliphatic hydroxyl groups excluding tert-OH is 1. The van der Waals surface area contributed by atoms with Gasteiger partial charge in [0.15, 0.2) is 11.5 Å². The highest BCUT2D eigenvalue weighted by molar-refractivity contribution is 5.83. The molecule has 4 atom stereocenters. The van der Waals surface area contributed by atoms with E-state index in [1.807, 2.05) is 36.4 Å². The maximum absolute atomic E-state index is 11.8. The molecule has 2 aromatic carbocycles. The van der Waals surface area contributed by atoms with Crippen LogP contribution in [0.25, 0.3) is 10.9 Å². The van der Waals surface area contributed by atoms with Crippen LogP contribution in [0.5, 0.6) is 23.0 Å². The van der Waals surface area contributed by atoms with Crippen molar-refractivity contribution < 1.29 is 28.5 Å². The number of aliphatic hydroxyl groups is 1. The second kappa shape index (κ2) is 12.0. The molecule has 0 bridgehead atoms. The molecule has 1 aliphatic rings. The van der Waals surface area contributed by atoms with Gasteiger partial charge in [-0.2, -0.15) is 0 Å². The van der Waals surface area contributed by atoms with E-state index in [2.05, 4.69) is 24.6 Å². The number of likely N-dealkylation sites (tertiary alicyclic amines) is 1. The number of hydrogen-bond donors (Lipinski definition) is 1. The predicted molar refractivity (Wildman–Crippen MR) is 150 cm³/mol. The van der Waals surface area contributed by atoms with Gasteiger partial charge in [0.2, 0.25) is 5.75 Å². The summed E-state index contributed by atoms with van der Waals surface area (Å²) in [7, 11) is 6.54. The normalized spacial score (nSPS) is 22.1. The fourth-order valence-corrected chi connectivity index (χ4v) is 6.13. The second-order valence-electron chi connectivity index (χ2n) is 10.3. The van der Waals surface area contributed by atoms with E-state index in [0.29, 0.717) is 35.6 Å². The Balaban J connectivity index is 1.74. The highest BCUT2D eigenvalue weighted by Crippen LogP contribution is 2.41. The highest BCUT2D eigenvalue weighted by atomic mass is 16.5. The van der Waals surface area contributed by atoms with E-state index in [9.17, 15) is 5.11 Å². The Morgan fingerprint density at radius 3 is 2.39 bits per heavy atom. The van der Waals surface area contributed by atoms with Gasteiger partial charge in [0, 0.05) is 29.5 Å². The summed E-state index contributed by atoms with van der Waals surface area (Å²) >= 11 is 0. The van der Waals surface area contributed by atoms with Crippen LogP contribution in [0.2, 0.25) is 0 Å². The molecule has 2 heterocycles. The highest BCUT2D eigenvalue weighted by Gasteiger charge is 2.41. The van der Waals surface area contributed by atoms with E-state index >= 15 is 0 Å². The van der Waals surface area contributed by atoms with Crippen molar-refractivity contribution in [1.82, 2.24) is 4.98 Å². The third-order valence-electron chi connectivity index (χ3n) is 8.15. The lowest BCUT2D eigenvalue weighted by molar-refractivity contribution is -0.952. The van der Waals surface area contributed by atoms with E-state index in [1.54, 1.807) is 34.6 Å². The largest absolute Gasteiger partial charge is 0.497 e. The van der Waals surface area contributed by atoms with Crippen LogP contribution in [-0.4, -0.2) is 62.6 Å². The van der Waals surface area contributed by atoms with Gasteiger partial charge >= 0.3 is 0 Å². The first-order chi connectivity index (χ1) is 18.4. The minimum Gasteiger partial charge on any atom is -0.497 e. The molecular weight excluding hydrogens is 480 g/mol. The maximum atomic E-state index is 11.8. The van der Waals surface area contributed by atoms with E-state index < -0.39 is 6.10 Å². The number of hydrogen-bond acceptors (Lipinski definition) is 6. The van der Waals surface area contributed by atoms with Gasteiger partial charge in [-0.15, -0.1) is 6.58 Å². The number of quaternary nitrogens is 1. The molecule has 7 nitrogen and oxygen atoms in total. The van der Waals surface area contributed by atoms with Crippen molar-refractivity contribution in [3.8, 4) is 23.0 Å². The third-order valence-corrected chi connectivity index (χ3v) is 8.15.